The molecule has 0 saturated heterocycles. The number of unbranched alkanes of at least 4 members (excludes halogenated alkanes) is 4. The highest BCUT2D eigenvalue weighted by molar-refractivity contribution is 5.98. The van der Waals surface area contributed by atoms with E-state index in [-0.39, 0.29) is 11.5 Å². The van der Waals surface area contributed by atoms with Gasteiger partial charge in [-0.3, -0.25) is 4.79 Å². The minimum Gasteiger partial charge on any atom is -0.507 e. The highest BCUT2D eigenvalue weighted by Crippen LogP contribution is 2.19. The second kappa shape index (κ2) is 12.5. The summed E-state index contributed by atoms with van der Waals surface area (Å²) in [5.74, 6) is 0.124. The van der Waals surface area contributed by atoms with E-state index in [1.807, 2.05) is 6.08 Å². The fraction of sp³-hybridized carbons (Fsp3) is 0.381. The first kappa shape index (κ1) is 19.0. The van der Waals surface area contributed by atoms with Crippen molar-refractivity contribution in [3.63, 3.8) is 0 Å². The van der Waals surface area contributed by atoms with Gasteiger partial charge in [0.2, 0.25) is 0 Å². The van der Waals surface area contributed by atoms with Crippen molar-refractivity contribution in [2.75, 3.05) is 0 Å². The van der Waals surface area contributed by atoms with Crippen LogP contribution >= 0.6 is 0 Å². The quantitative estimate of drug-likeness (QED) is 0.292. The van der Waals surface area contributed by atoms with E-state index in [1.54, 1.807) is 24.3 Å². The van der Waals surface area contributed by atoms with Gasteiger partial charge in [0.15, 0.2) is 5.78 Å². The summed E-state index contributed by atoms with van der Waals surface area (Å²) in [5, 5.41) is 9.63. The van der Waals surface area contributed by atoms with Gasteiger partial charge in [0.05, 0.1) is 5.56 Å². The Balaban J connectivity index is 2.03. The molecule has 0 aliphatic carbocycles. The Labute approximate surface area is 140 Å². The maximum atomic E-state index is 12.0. The Hall–Kier alpha value is -2.09. The van der Waals surface area contributed by atoms with E-state index in [0.717, 1.165) is 44.9 Å². The van der Waals surface area contributed by atoms with Gasteiger partial charge in [-0.25, -0.2) is 0 Å². The number of hydrogen-bond donors (Lipinski definition) is 1. The molecular formula is C21H28O2. The molecule has 0 aromatic heterocycles. The molecule has 0 bridgehead atoms. The van der Waals surface area contributed by atoms with Crippen LogP contribution in [0.5, 0.6) is 5.75 Å². The summed E-state index contributed by atoms with van der Waals surface area (Å²) >= 11 is 0. The maximum absolute atomic E-state index is 12.0. The molecule has 1 N–H and O–H groups in total. The fourth-order valence-corrected chi connectivity index (χ4v) is 2.33. The summed E-state index contributed by atoms with van der Waals surface area (Å²) in [6, 6.07) is 6.76. The average Bonchev–Trinajstić information content (AvgIpc) is 2.56. The van der Waals surface area contributed by atoms with Crippen LogP contribution in [-0.4, -0.2) is 10.9 Å². The molecule has 0 aliphatic heterocycles. The summed E-state index contributed by atoms with van der Waals surface area (Å²) < 4.78 is 0. The minimum absolute atomic E-state index is 0.0364. The molecule has 0 fully saturated rings. The van der Waals surface area contributed by atoms with Crippen molar-refractivity contribution >= 4 is 5.78 Å². The summed E-state index contributed by atoms with van der Waals surface area (Å²) in [4.78, 5) is 12.0. The van der Waals surface area contributed by atoms with E-state index in [0.29, 0.717) is 12.0 Å². The number of phenolic OH excluding ortho intramolecular Hbond substituents is 1. The Morgan fingerprint density at radius 3 is 2.43 bits per heavy atom. The van der Waals surface area contributed by atoms with Gasteiger partial charge in [-0.2, -0.15) is 0 Å². The van der Waals surface area contributed by atoms with Crippen molar-refractivity contribution < 1.29 is 9.90 Å². The molecule has 1 rings (SSSR count). The van der Waals surface area contributed by atoms with Crippen LogP contribution in [0, 0.1) is 0 Å². The Morgan fingerprint density at radius 2 is 1.65 bits per heavy atom. The number of allylic oxidation sites excluding steroid dienone is 5. The molecule has 0 radical (unpaired) electrons. The zero-order valence-electron chi connectivity index (χ0n) is 13.9. The molecular weight excluding hydrogens is 284 g/mol. The lowest BCUT2D eigenvalue weighted by Crippen LogP contribution is -1.99. The van der Waals surface area contributed by atoms with Crippen molar-refractivity contribution in [2.45, 2.75) is 51.4 Å². The maximum Gasteiger partial charge on any atom is 0.166 e. The van der Waals surface area contributed by atoms with Crippen LogP contribution in [0.3, 0.4) is 0 Å². The third-order valence-electron chi connectivity index (χ3n) is 3.64. The normalized spacial score (nSPS) is 11.3. The molecule has 0 atom stereocenters. The Kier molecular flexibility index (Phi) is 10.3. The third-order valence-corrected chi connectivity index (χ3v) is 3.64. The predicted molar refractivity (Wildman–Crippen MR) is 97.9 cm³/mol. The number of benzene rings is 1. The number of carbonyl (C=O) groups excluding carboxylic acids is 1. The minimum atomic E-state index is 0.0364. The largest absolute Gasteiger partial charge is 0.507 e. The number of rotatable bonds is 12. The van der Waals surface area contributed by atoms with Gasteiger partial charge in [-0.05, 0) is 44.2 Å². The van der Waals surface area contributed by atoms with Gasteiger partial charge in [-0.15, -0.1) is 6.58 Å². The molecule has 1 aromatic carbocycles. The van der Waals surface area contributed by atoms with Crippen LogP contribution in [0.1, 0.15) is 61.7 Å². The topological polar surface area (TPSA) is 37.3 Å². The lowest BCUT2D eigenvalue weighted by atomic mass is 10.0. The number of carbonyl (C=O) groups is 1. The molecule has 0 heterocycles. The molecule has 23 heavy (non-hydrogen) atoms. The van der Waals surface area contributed by atoms with Gasteiger partial charge >= 0.3 is 0 Å². The van der Waals surface area contributed by atoms with Crippen molar-refractivity contribution in [1.29, 1.82) is 0 Å². The van der Waals surface area contributed by atoms with Crippen LogP contribution in [0.15, 0.2) is 61.2 Å². The molecule has 2 nitrogen and oxygen atoms in total. The molecule has 0 unspecified atom stereocenters. The number of aromatic hydroxyl groups is 1. The average molecular weight is 312 g/mol. The van der Waals surface area contributed by atoms with Gasteiger partial charge in [-0.1, -0.05) is 55.4 Å². The second-order valence-electron chi connectivity index (χ2n) is 5.60. The second-order valence-corrected chi connectivity index (χ2v) is 5.60. The Bertz CT molecular complexity index is 526. The first-order valence-corrected chi connectivity index (χ1v) is 8.47. The number of phenols is 1. The summed E-state index contributed by atoms with van der Waals surface area (Å²) in [5.41, 5.74) is 0.444. The van der Waals surface area contributed by atoms with Crippen LogP contribution in [0.25, 0.3) is 0 Å². The molecule has 1 aromatic rings. The number of Topliss-reactive ketones (excluding diaryl/α,β-unsaturated/α-hetero) is 1. The summed E-state index contributed by atoms with van der Waals surface area (Å²) in [6.45, 7) is 3.67. The summed E-state index contributed by atoms with van der Waals surface area (Å²) in [7, 11) is 0. The van der Waals surface area contributed by atoms with E-state index >= 15 is 0 Å². The molecule has 0 aliphatic rings. The van der Waals surface area contributed by atoms with Crippen LogP contribution in [-0.2, 0) is 0 Å². The van der Waals surface area contributed by atoms with Gasteiger partial charge < -0.3 is 5.11 Å². The monoisotopic (exact) mass is 312 g/mol. The lowest BCUT2D eigenvalue weighted by Gasteiger charge is -2.03. The van der Waals surface area contributed by atoms with E-state index in [4.69, 9.17) is 0 Å². The molecule has 0 saturated carbocycles. The van der Waals surface area contributed by atoms with E-state index in [1.165, 1.54) is 0 Å². The van der Waals surface area contributed by atoms with E-state index in [9.17, 15) is 9.90 Å². The van der Waals surface area contributed by atoms with E-state index < -0.39 is 0 Å². The number of hydrogen-bond acceptors (Lipinski definition) is 2. The molecule has 0 amide bonds. The van der Waals surface area contributed by atoms with Crippen molar-refractivity contribution in [2.24, 2.45) is 0 Å². The van der Waals surface area contributed by atoms with Crippen molar-refractivity contribution in [3.8, 4) is 5.75 Å². The van der Waals surface area contributed by atoms with Crippen molar-refractivity contribution in [3.05, 3.63) is 66.8 Å². The molecule has 2 heteroatoms. The molecule has 124 valence electrons. The highest BCUT2D eigenvalue weighted by Gasteiger charge is 2.09. The SMILES string of the molecule is C=CCC=CCC=CCCCCCCC(=O)c1ccccc1O. The first-order valence-electron chi connectivity index (χ1n) is 8.47. The molecule has 0 spiro atoms. The van der Waals surface area contributed by atoms with Crippen molar-refractivity contribution in [1.82, 2.24) is 0 Å². The lowest BCUT2D eigenvalue weighted by molar-refractivity contribution is 0.0976. The van der Waals surface area contributed by atoms with Gasteiger partial charge in [0.1, 0.15) is 5.75 Å². The smallest absolute Gasteiger partial charge is 0.166 e. The number of para-hydroxylation sites is 1. The van der Waals surface area contributed by atoms with Gasteiger partial charge in [0, 0.05) is 6.42 Å². The summed E-state index contributed by atoms with van der Waals surface area (Å²) in [6.07, 6.45) is 18.4. The predicted octanol–water partition coefficient (Wildman–Crippen LogP) is 5.99. The van der Waals surface area contributed by atoms with Gasteiger partial charge in [0.25, 0.3) is 0 Å². The highest BCUT2D eigenvalue weighted by atomic mass is 16.3. The first-order chi connectivity index (χ1) is 11.3. The fourth-order valence-electron chi connectivity index (χ4n) is 2.33. The van der Waals surface area contributed by atoms with E-state index in [2.05, 4.69) is 30.9 Å². The van der Waals surface area contributed by atoms with Crippen LogP contribution < -0.4 is 0 Å². The van der Waals surface area contributed by atoms with Crippen LogP contribution in [0.4, 0.5) is 0 Å². The zero-order valence-corrected chi connectivity index (χ0v) is 13.9. The van der Waals surface area contributed by atoms with Crippen LogP contribution in [0.2, 0.25) is 0 Å². The standard InChI is InChI=1S/C21H28O2/c1-2-3-4-5-6-7-8-9-10-11-12-13-17-20(22)19-16-14-15-18-21(19)23/h2,4-5,7-8,14-16,18,23H,1,3,6,9-13,17H2. The third kappa shape index (κ3) is 8.82. The Morgan fingerprint density at radius 1 is 0.957 bits per heavy atom. The number of ketones is 1. The zero-order chi connectivity index (χ0) is 16.8.